The second-order valence-corrected chi connectivity index (χ2v) is 6.82. The minimum Gasteiger partial charge on any atom is -0.444 e. The van der Waals surface area contributed by atoms with Crippen LogP contribution in [0.4, 0.5) is 4.79 Å². The van der Waals surface area contributed by atoms with Crippen LogP contribution in [-0.2, 0) is 19.1 Å². The van der Waals surface area contributed by atoms with E-state index in [4.69, 9.17) is 9.47 Å². The summed E-state index contributed by atoms with van der Waals surface area (Å²) in [6.07, 6.45) is 1.70. The molecule has 1 rings (SSSR count). The molecule has 0 aliphatic carbocycles. The fraction of sp³-hybridized carbons (Fsp3) is 0.812. The van der Waals surface area contributed by atoms with Crippen molar-refractivity contribution in [2.24, 2.45) is 5.92 Å². The van der Waals surface area contributed by atoms with Crippen molar-refractivity contribution in [1.29, 1.82) is 0 Å². The van der Waals surface area contributed by atoms with Crippen molar-refractivity contribution >= 4 is 17.9 Å². The number of carbonyl (C=O) groups excluding carboxylic acids is 3. The summed E-state index contributed by atoms with van der Waals surface area (Å²) in [6, 6.07) is 0. The third-order valence-electron chi connectivity index (χ3n) is 3.38. The Kier molecular flexibility index (Phi) is 8.53. The Labute approximate surface area is 143 Å². The van der Waals surface area contributed by atoms with Gasteiger partial charge in [-0.3, -0.25) is 9.59 Å². The first-order valence-electron chi connectivity index (χ1n) is 8.34. The summed E-state index contributed by atoms with van der Waals surface area (Å²) >= 11 is 0. The van der Waals surface area contributed by atoms with Gasteiger partial charge < -0.3 is 25.4 Å². The number of carbonyl (C=O) groups is 3. The van der Waals surface area contributed by atoms with Gasteiger partial charge in [-0.15, -0.1) is 0 Å². The van der Waals surface area contributed by atoms with Gasteiger partial charge in [0.2, 0.25) is 11.8 Å². The van der Waals surface area contributed by atoms with Crippen LogP contribution >= 0.6 is 0 Å². The topological polar surface area (TPSA) is 106 Å². The minimum atomic E-state index is -0.637. The fourth-order valence-electron chi connectivity index (χ4n) is 2.22. The molecule has 8 heteroatoms. The molecule has 3 amide bonds. The van der Waals surface area contributed by atoms with Crippen LogP contribution < -0.4 is 16.0 Å². The molecule has 24 heavy (non-hydrogen) atoms. The first-order chi connectivity index (χ1) is 11.3. The third kappa shape index (κ3) is 10.0. The predicted octanol–water partition coefficient (Wildman–Crippen LogP) is 0.560. The normalized spacial score (nSPS) is 15.5. The van der Waals surface area contributed by atoms with E-state index in [1.165, 1.54) is 0 Å². The fourth-order valence-corrected chi connectivity index (χ4v) is 2.22. The molecule has 3 N–H and O–H groups in total. The molecule has 0 aromatic carbocycles. The molecule has 1 heterocycles. The molecule has 1 saturated heterocycles. The van der Waals surface area contributed by atoms with Gasteiger partial charge in [0.1, 0.15) is 5.60 Å². The van der Waals surface area contributed by atoms with Crippen LogP contribution in [0.2, 0.25) is 0 Å². The monoisotopic (exact) mass is 343 g/mol. The van der Waals surface area contributed by atoms with Crippen LogP contribution in [0.3, 0.4) is 0 Å². The molecule has 0 saturated carbocycles. The van der Waals surface area contributed by atoms with Gasteiger partial charge in [-0.05, 0) is 39.5 Å². The van der Waals surface area contributed by atoms with Gasteiger partial charge >= 0.3 is 6.09 Å². The minimum absolute atomic E-state index is 0.0111. The van der Waals surface area contributed by atoms with E-state index in [1.54, 1.807) is 20.8 Å². The molecule has 0 bridgehead atoms. The summed E-state index contributed by atoms with van der Waals surface area (Å²) in [5.74, 6) is 0.0361. The lowest BCUT2D eigenvalue weighted by Crippen LogP contribution is -2.42. The van der Waals surface area contributed by atoms with E-state index in [-0.39, 0.29) is 18.4 Å². The molecule has 0 atom stereocenters. The lowest BCUT2D eigenvalue weighted by molar-refractivity contribution is -0.123. The Bertz CT molecular complexity index is 428. The highest BCUT2D eigenvalue weighted by atomic mass is 16.6. The van der Waals surface area contributed by atoms with E-state index < -0.39 is 11.7 Å². The van der Waals surface area contributed by atoms with Crippen molar-refractivity contribution in [1.82, 2.24) is 16.0 Å². The molecule has 0 spiro atoms. The zero-order valence-corrected chi connectivity index (χ0v) is 14.8. The van der Waals surface area contributed by atoms with E-state index in [1.807, 2.05) is 0 Å². The maximum absolute atomic E-state index is 11.8. The van der Waals surface area contributed by atoms with Crippen molar-refractivity contribution in [3.8, 4) is 0 Å². The smallest absolute Gasteiger partial charge is 0.408 e. The van der Waals surface area contributed by atoms with Crippen molar-refractivity contribution in [2.45, 2.75) is 45.6 Å². The van der Waals surface area contributed by atoms with Crippen LogP contribution in [0.1, 0.15) is 40.0 Å². The first kappa shape index (κ1) is 20.2. The second kappa shape index (κ2) is 10.1. The summed E-state index contributed by atoms with van der Waals surface area (Å²) in [5, 5.41) is 7.76. The number of alkyl carbamates (subject to hydrolysis) is 1. The molecule has 1 aliphatic rings. The maximum Gasteiger partial charge on any atom is 0.408 e. The van der Waals surface area contributed by atoms with E-state index in [2.05, 4.69) is 16.0 Å². The quantitative estimate of drug-likeness (QED) is 0.586. The highest BCUT2D eigenvalue weighted by molar-refractivity contribution is 5.82. The molecule has 0 unspecified atom stereocenters. The number of rotatable bonds is 7. The molecule has 8 nitrogen and oxygen atoms in total. The molecule has 1 aliphatic heterocycles. The standard InChI is InChI=1S/C16H29N3O5/c1-16(2,3)24-15(22)19-11-14(21)18-7-6-17-13(20)10-12-4-8-23-9-5-12/h12H,4-11H2,1-3H3,(H,17,20)(H,18,21)(H,19,22). The van der Waals surface area contributed by atoms with Gasteiger partial charge in [-0.2, -0.15) is 0 Å². The summed E-state index contributed by atoms with van der Waals surface area (Å²) in [6.45, 7) is 7.19. The third-order valence-corrected chi connectivity index (χ3v) is 3.38. The van der Waals surface area contributed by atoms with Gasteiger partial charge in [0.15, 0.2) is 0 Å². The Balaban J connectivity index is 2.04. The zero-order chi connectivity index (χ0) is 18.0. The SMILES string of the molecule is CC(C)(C)OC(=O)NCC(=O)NCCNC(=O)CC1CCOCC1. The van der Waals surface area contributed by atoms with E-state index in [0.29, 0.717) is 25.4 Å². The maximum atomic E-state index is 11.8. The predicted molar refractivity (Wildman–Crippen MR) is 88.4 cm³/mol. The number of nitrogens with one attached hydrogen (secondary N) is 3. The lowest BCUT2D eigenvalue weighted by atomic mass is 9.96. The molecule has 0 radical (unpaired) electrons. The lowest BCUT2D eigenvalue weighted by Gasteiger charge is -2.21. The van der Waals surface area contributed by atoms with Crippen LogP contribution in [0.15, 0.2) is 0 Å². The van der Waals surface area contributed by atoms with Gasteiger partial charge in [-0.25, -0.2) is 4.79 Å². The van der Waals surface area contributed by atoms with Gasteiger partial charge in [0.25, 0.3) is 0 Å². The second-order valence-electron chi connectivity index (χ2n) is 6.82. The molecule has 0 aromatic rings. The van der Waals surface area contributed by atoms with E-state index in [9.17, 15) is 14.4 Å². The van der Waals surface area contributed by atoms with Crippen molar-refractivity contribution < 1.29 is 23.9 Å². The highest BCUT2D eigenvalue weighted by Gasteiger charge is 2.18. The summed E-state index contributed by atoms with van der Waals surface area (Å²) in [5.41, 5.74) is -0.602. The van der Waals surface area contributed by atoms with E-state index >= 15 is 0 Å². The van der Waals surface area contributed by atoms with Crippen molar-refractivity contribution in [3.63, 3.8) is 0 Å². The highest BCUT2D eigenvalue weighted by Crippen LogP contribution is 2.17. The molecular formula is C16H29N3O5. The number of hydrogen-bond donors (Lipinski definition) is 3. The average molecular weight is 343 g/mol. The largest absolute Gasteiger partial charge is 0.444 e. The Morgan fingerprint density at radius 1 is 1.00 bits per heavy atom. The summed E-state index contributed by atoms with van der Waals surface area (Å²) in [4.78, 5) is 34.7. The van der Waals surface area contributed by atoms with Crippen molar-refractivity contribution in [2.75, 3.05) is 32.8 Å². The summed E-state index contributed by atoms with van der Waals surface area (Å²) in [7, 11) is 0. The van der Waals surface area contributed by atoms with Crippen LogP contribution in [0, 0.1) is 5.92 Å². The van der Waals surface area contributed by atoms with Crippen LogP contribution in [-0.4, -0.2) is 56.4 Å². The van der Waals surface area contributed by atoms with Gasteiger partial charge in [0, 0.05) is 32.7 Å². The Morgan fingerprint density at radius 3 is 2.17 bits per heavy atom. The molecule has 0 aromatic heterocycles. The Morgan fingerprint density at radius 2 is 1.58 bits per heavy atom. The van der Waals surface area contributed by atoms with Crippen LogP contribution in [0.25, 0.3) is 0 Å². The summed E-state index contributed by atoms with van der Waals surface area (Å²) < 4.78 is 10.3. The van der Waals surface area contributed by atoms with Gasteiger partial charge in [0.05, 0.1) is 6.54 Å². The molecule has 138 valence electrons. The molecule has 1 fully saturated rings. The molecular weight excluding hydrogens is 314 g/mol. The average Bonchev–Trinajstić information content (AvgIpc) is 2.49. The van der Waals surface area contributed by atoms with Crippen LogP contribution in [0.5, 0.6) is 0 Å². The van der Waals surface area contributed by atoms with Crippen molar-refractivity contribution in [3.05, 3.63) is 0 Å². The number of hydrogen-bond acceptors (Lipinski definition) is 5. The zero-order valence-electron chi connectivity index (χ0n) is 14.8. The first-order valence-corrected chi connectivity index (χ1v) is 8.34. The number of amides is 3. The Hall–Kier alpha value is -1.83. The van der Waals surface area contributed by atoms with Gasteiger partial charge in [-0.1, -0.05) is 0 Å². The number of ether oxygens (including phenoxy) is 2. The van der Waals surface area contributed by atoms with E-state index in [0.717, 1.165) is 26.1 Å².